The van der Waals surface area contributed by atoms with Crippen molar-refractivity contribution in [2.75, 3.05) is 20.2 Å². The monoisotopic (exact) mass is 565 g/mol. The van der Waals surface area contributed by atoms with E-state index in [4.69, 9.17) is 9.15 Å². The molecule has 214 valence electrons. The molecule has 7 nitrogen and oxygen atoms in total. The highest BCUT2D eigenvalue weighted by Gasteiger charge is 2.22. The molecule has 0 saturated heterocycles. The molecule has 0 radical (unpaired) electrons. The van der Waals surface area contributed by atoms with Crippen LogP contribution < -0.4 is 15.4 Å². The van der Waals surface area contributed by atoms with Crippen LogP contribution in [0.5, 0.6) is 5.75 Å². The van der Waals surface area contributed by atoms with Gasteiger partial charge >= 0.3 is 0 Å². The summed E-state index contributed by atoms with van der Waals surface area (Å²) >= 11 is 0. The van der Waals surface area contributed by atoms with E-state index in [2.05, 4.69) is 15.6 Å². The highest BCUT2D eigenvalue weighted by atomic mass is 19.1. The second kappa shape index (κ2) is 12.7. The second-order valence-electron chi connectivity index (χ2n) is 10.4. The van der Waals surface area contributed by atoms with Gasteiger partial charge in [0.2, 0.25) is 0 Å². The number of benzene rings is 3. The Kier molecular flexibility index (Phi) is 8.62. The van der Waals surface area contributed by atoms with Gasteiger partial charge in [-0.1, -0.05) is 19.9 Å². The van der Waals surface area contributed by atoms with Gasteiger partial charge < -0.3 is 19.8 Å². The van der Waals surface area contributed by atoms with Crippen LogP contribution in [0, 0.1) is 11.7 Å². The van der Waals surface area contributed by atoms with Crippen molar-refractivity contribution in [3.63, 3.8) is 0 Å². The molecule has 0 aliphatic rings. The first-order valence-electron chi connectivity index (χ1n) is 13.8. The van der Waals surface area contributed by atoms with E-state index >= 15 is 0 Å². The number of ether oxygens (including phenoxy) is 1. The van der Waals surface area contributed by atoms with E-state index < -0.39 is 0 Å². The molecule has 0 aliphatic heterocycles. The zero-order chi connectivity index (χ0) is 29.6. The van der Waals surface area contributed by atoms with Crippen LogP contribution in [0.1, 0.15) is 40.1 Å². The van der Waals surface area contributed by atoms with Crippen LogP contribution in [-0.4, -0.2) is 37.0 Å². The van der Waals surface area contributed by atoms with Crippen LogP contribution in [0.15, 0.2) is 89.6 Å². The Balaban J connectivity index is 1.54. The Labute approximate surface area is 243 Å². The molecule has 0 spiro atoms. The quantitative estimate of drug-likeness (QED) is 0.197. The van der Waals surface area contributed by atoms with Gasteiger partial charge in [-0.15, -0.1) is 0 Å². The van der Waals surface area contributed by atoms with Crippen molar-refractivity contribution in [3.8, 4) is 28.2 Å². The number of amides is 2. The third kappa shape index (κ3) is 6.49. The standard InChI is InChI=1S/C34H32FN3O4/c1-21(2)20-38-33(39)26-16-25(17-28(18-26)41-15-12-22-10-13-37-14-11-22)24-6-9-30-29(19-24)31(34(40)36-3)32(42-30)23-4-7-27(35)8-5-23/h4-11,13-14,16-19,21H,12,15,20H2,1-3H3,(H,36,40)(H,38,39). The maximum Gasteiger partial charge on any atom is 0.255 e. The molecule has 42 heavy (non-hydrogen) atoms. The number of hydrogen-bond donors (Lipinski definition) is 2. The van der Waals surface area contributed by atoms with E-state index in [1.807, 2.05) is 50.2 Å². The summed E-state index contributed by atoms with van der Waals surface area (Å²) in [4.78, 5) is 30.2. The van der Waals surface area contributed by atoms with E-state index in [0.717, 1.165) is 16.7 Å². The zero-order valence-corrected chi connectivity index (χ0v) is 23.7. The molecular weight excluding hydrogens is 533 g/mol. The summed E-state index contributed by atoms with van der Waals surface area (Å²) in [6.45, 7) is 5.04. The molecule has 0 atom stereocenters. The molecular formula is C34H32FN3O4. The van der Waals surface area contributed by atoms with Gasteiger partial charge in [-0.25, -0.2) is 4.39 Å². The molecule has 2 aromatic heterocycles. The smallest absolute Gasteiger partial charge is 0.255 e. The molecule has 0 fully saturated rings. The Bertz CT molecular complexity index is 1710. The Morgan fingerprint density at radius 2 is 1.64 bits per heavy atom. The summed E-state index contributed by atoms with van der Waals surface area (Å²) in [6.07, 6.45) is 4.17. The Morgan fingerprint density at radius 3 is 2.36 bits per heavy atom. The summed E-state index contributed by atoms with van der Waals surface area (Å²) < 4.78 is 25.8. The van der Waals surface area contributed by atoms with Crippen LogP contribution in [0.2, 0.25) is 0 Å². The Hall–Kier alpha value is -4.98. The molecule has 2 amide bonds. The van der Waals surface area contributed by atoms with Crippen molar-refractivity contribution in [2.24, 2.45) is 5.92 Å². The SMILES string of the molecule is CNC(=O)c1c(-c2ccc(F)cc2)oc2ccc(-c3cc(OCCc4ccncc4)cc(C(=O)NCC(C)C)c3)cc12. The van der Waals surface area contributed by atoms with E-state index in [9.17, 15) is 14.0 Å². The number of nitrogens with zero attached hydrogens (tertiary/aromatic N) is 1. The van der Waals surface area contributed by atoms with Crippen molar-refractivity contribution in [1.82, 2.24) is 15.6 Å². The first kappa shape index (κ1) is 28.5. The van der Waals surface area contributed by atoms with Crippen LogP contribution >= 0.6 is 0 Å². The third-order valence-electron chi connectivity index (χ3n) is 6.83. The number of furan rings is 1. The average Bonchev–Trinajstić information content (AvgIpc) is 3.39. The minimum Gasteiger partial charge on any atom is -0.493 e. The van der Waals surface area contributed by atoms with Crippen LogP contribution in [0.4, 0.5) is 4.39 Å². The number of halogens is 1. The lowest BCUT2D eigenvalue weighted by Gasteiger charge is -2.13. The van der Waals surface area contributed by atoms with Gasteiger partial charge in [0.25, 0.3) is 11.8 Å². The third-order valence-corrected chi connectivity index (χ3v) is 6.83. The number of hydrogen-bond acceptors (Lipinski definition) is 5. The highest BCUT2D eigenvalue weighted by Crippen LogP contribution is 2.37. The van der Waals surface area contributed by atoms with Gasteiger partial charge in [-0.3, -0.25) is 14.6 Å². The molecule has 2 N–H and O–H groups in total. The lowest BCUT2D eigenvalue weighted by Crippen LogP contribution is -2.27. The highest BCUT2D eigenvalue weighted by molar-refractivity contribution is 6.12. The van der Waals surface area contributed by atoms with Crippen LogP contribution in [-0.2, 0) is 6.42 Å². The number of fused-ring (bicyclic) bond motifs is 1. The van der Waals surface area contributed by atoms with E-state index in [1.54, 1.807) is 43.7 Å². The molecule has 0 aliphatic carbocycles. The molecule has 3 aromatic carbocycles. The fraction of sp³-hybridized carbons (Fsp3) is 0.206. The van der Waals surface area contributed by atoms with Gasteiger partial charge in [-0.2, -0.15) is 0 Å². The fourth-order valence-corrected chi connectivity index (χ4v) is 4.65. The van der Waals surface area contributed by atoms with Gasteiger partial charge in [0.1, 0.15) is 22.9 Å². The second-order valence-corrected chi connectivity index (χ2v) is 10.4. The van der Waals surface area contributed by atoms with Gasteiger partial charge in [-0.05, 0) is 89.3 Å². The molecule has 2 heterocycles. The number of rotatable bonds is 10. The molecule has 5 aromatic rings. The maximum atomic E-state index is 13.6. The summed E-state index contributed by atoms with van der Waals surface area (Å²) in [7, 11) is 1.55. The van der Waals surface area contributed by atoms with Crippen molar-refractivity contribution >= 4 is 22.8 Å². The molecule has 0 saturated carbocycles. The largest absolute Gasteiger partial charge is 0.493 e. The first-order valence-corrected chi connectivity index (χ1v) is 13.8. The minimum absolute atomic E-state index is 0.196. The molecule has 5 rings (SSSR count). The van der Waals surface area contributed by atoms with E-state index in [-0.39, 0.29) is 17.6 Å². The normalized spacial score (nSPS) is 11.1. The summed E-state index contributed by atoms with van der Waals surface area (Å²) in [6, 6.07) is 20.7. The van der Waals surface area contributed by atoms with Crippen molar-refractivity contribution in [1.29, 1.82) is 0 Å². The molecule has 8 heteroatoms. The topological polar surface area (TPSA) is 93.5 Å². The van der Waals surface area contributed by atoms with Gasteiger partial charge in [0.15, 0.2) is 0 Å². The van der Waals surface area contributed by atoms with Crippen LogP contribution in [0.3, 0.4) is 0 Å². The zero-order valence-electron chi connectivity index (χ0n) is 23.7. The average molecular weight is 566 g/mol. The number of pyridine rings is 1. The van der Waals surface area contributed by atoms with Crippen LogP contribution in [0.25, 0.3) is 33.4 Å². The number of carbonyl (C=O) groups is 2. The first-order chi connectivity index (χ1) is 20.3. The lowest BCUT2D eigenvalue weighted by atomic mass is 9.98. The summed E-state index contributed by atoms with van der Waals surface area (Å²) in [5, 5.41) is 6.26. The van der Waals surface area contributed by atoms with Crippen molar-refractivity contribution in [3.05, 3.63) is 108 Å². The molecule has 0 bridgehead atoms. The number of aromatic nitrogens is 1. The van der Waals surface area contributed by atoms with E-state index in [0.29, 0.717) is 64.7 Å². The maximum absolute atomic E-state index is 13.6. The lowest BCUT2D eigenvalue weighted by molar-refractivity contribution is 0.0945. The summed E-state index contributed by atoms with van der Waals surface area (Å²) in [5.74, 6) is 0.307. The predicted molar refractivity (Wildman–Crippen MR) is 161 cm³/mol. The number of carbonyl (C=O) groups excluding carboxylic acids is 2. The number of nitrogens with one attached hydrogen (secondary N) is 2. The Morgan fingerprint density at radius 1 is 0.905 bits per heavy atom. The minimum atomic E-state index is -0.380. The van der Waals surface area contributed by atoms with E-state index in [1.165, 1.54) is 12.1 Å². The van der Waals surface area contributed by atoms with Gasteiger partial charge in [0.05, 0.1) is 12.2 Å². The fourth-order valence-electron chi connectivity index (χ4n) is 4.65. The summed E-state index contributed by atoms with van der Waals surface area (Å²) in [5.41, 5.74) is 4.54. The van der Waals surface area contributed by atoms with Gasteiger partial charge in [0, 0.05) is 48.9 Å². The van der Waals surface area contributed by atoms with Crippen molar-refractivity contribution < 1.29 is 23.1 Å². The van der Waals surface area contributed by atoms with Crippen molar-refractivity contribution in [2.45, 2.75) is 20.3 Å². The molecule has 0 unspecified atom stereocenters. The predicted octanol–water partition coefficient (Wildman–Crippen LogP) is 6.67.